The van der Waals surface area contributed by atoms with E-state index in [1.807, 2.05) is 13.8 Å². The predicted octanol–water partition coefficient (Wildman–Crippen LogP) is 1.63. The van der Waals surface area contributed by atoms with Gasteiger partial charge in [0.25, 0.3) is 5.91 Å². The summed E-state index contributed by atoms with van der Waals surface area (Å²) in [5.74, 6) is -0.0816. The van der Waals surface area contributed by atoms with Gasteiger partial charge in [0.05, 0.1) is 10.2 Å². The van der Waals surface area contributed by atoms with E-state index in [1.54, 1.807) is 11.7 Å². The first-order valence-electron chi connectivity index (χ1n) is 4.55. The zero-order valence-corrected chi connectivity index (χ0v) is 10.2. The first-order chi connectivity index (χ1) is 6.57. The summed E-state index contributed by atoms with van der Waals surface area (Å²) in [4.78, 5) is 11.7. The van der Waals surface area contributed by atoms with Crippen molar-refractivity contribution in [1.82, 2.24) is 15.1 Å². The summed E-state index contributed by atoms with van der Waals surface area (Å²) >= 11 is 3.35. The van der Waals surface area contributed by atoms with E-state index in [1.165, 1.54) is 0 Å². The van der Waals surface area contributed by atoms with Crippen molar-refractivity contribution in [3.05, 3.63) is 15.9 Å². The van der Waals surface area contributed by atoms with Crippen LogP contribution < -0.4 is 5.32 Å². The second-order valence-electron chi connectivity index (χ2n) is 3.13. The fourth-order valence-corrected chi connectivity index (χ4v) is 1.72. The van der Waals surface area contributed by atoms with Crippen molar-refractivity contribution in [2.75, 3.05) is 6.54 Å². The Hall–Kier alpha value is -0.840. The molecule has 0 fully saturated rings. The van der Waals surface area contributed by atoms with Gasteiger partial charge in [0, 0.05) is 13.6 Å². The monoisotopic (exact) mass is 259 g/mol. The highest BCUT2D eigenvalue weighted by atomic mass is 79.9. The summed E-state index contributed by atoms with van der Waals surface area (Å²) in [7, 11) is 1.76. The Morgan fingerprint density at radius 1 is 1.64 bits per heavy atom. The standard InChI is InChI=1S/C9H14BrN3O/c1-4-5-11-9(14)8-7(10)6(2)12-13(8)3/h4-5H2,1-3H3,(H,11,14). The Morgan fingerprint density at radius 3 is 2.71 bits per heavy atom. The Morgan fingerprint density at radius 2 is 2.29 bits per heavy atom. The second-order valence-corrected chi connectivity index (χ2v) is 3.92. The van der Waals surface area contributed by atoms with Crippen LogP contribution in [-0.2, 0) is 7.05 Å². The van der Waals surface area contributed by atoms with Crippen LogP contribution in [-0.4, -0.2) is 22.2 Å². The number of nitrogens with zero attached hydrogens (tertiary/aromatic N) is 2. The molecule has 78 valence electrons. The number of rotatable bonds is 3. The summed E-state index contributed by atoms with van der Waals surface area (Å²) < 4.78 is 2.36. The number of aryl methyl sites for hydroxylation is 2. The highest BCUT2D eigenvalue weighted by Gasteiger charge is 2.17. The number of nitrogens with one attached hydrogen (secondary N) is 1. The van der Waals surface area contributed by atoms with Gasteiger partial charge in [-0.1, -0.05) is 6.92 Å². The molecule has 14 heavy (non-hydrogen) atoms. The van der Waals surface area contributed by atoms with E-state index in [9.17, 15) is 4.79 Å². The molecule has 1 aromatic heterocycles. The van der Waals surface area contributed by atoms with Crippen molar-refractivity contribution in [2.24, 2.45) is 7.05 Å². The highest BCUT2D eigenvalue weighted by Crippen LogP contribution is 2.19. The zero-order chi connectivity index (χ0) is 10.7. The van der Waals surface area contributed by atoms with Crippen LogP contribution in [0.15, 0.2) is 4.47 Å². The summed E-state index contributed by atoms with van der Waals surface area (Å²) in [6.45, 7) is 4.57. The summed E-state index contributed by atoms with van der Waals surface area (Å²) in [5.41, 5.74) is 1.41. The molecule has 5 heteroatoms. The van der Waals surface area contributed by atoms with Gasteiger partial charge in [0.15, 0.2) is 0 Å². The number of carbonyl (C=O) groups excluding carboxylic acids is 1. The maximum Gasteiger partial charge on any atom is 0.270 e. The van der Waals surface area contributed by atoms with Crippen LogP contribution >= 0.6 is 15.9 Å². The van der Waals surface area contributed by atoms with Gasteiger partial charge in [-0.2, -0.15) is 5.10 Å². The van der Waals surface area contributed by atoms with Crippen LogP contribution in [0.2, 0.25) is 0 Å². The van der Waals surface area contributed by atoms with E-state index in [0.29, 0.717) is 12.2 Å². The molecule has 1 amide bonds. The van der Waals surface area contributed by atoms with E-state index in [4.69, 9.17) is 0 Å². The molecule has 0 spiro atoms. The molecular formula is C9H14BrN3O. The molecule has 4 nitrogen and oxygen atoms in total. The molecule has 0 bridgehead atoms. The minimum atomic E-state index is -0.0816. The third-order valence-corrected chi connectivity index (χ3v) is 2.85. The van der Waals surface area contributed by atoms with E-state index in [0.717, 1.165) is 16.6 Å². The number of aromatic nitrogens is 2. The Kier molecular flexibility index (Phi) is 3.69. The SMILES string of the molecule is CCCNC(=O)c1c(Br)c(C)nn1C. The van der Waals surface area contributed by atoms with Crippen LogP contribution in [0.5, 0.6) is 0 Å². The number of hydrogen-bond acceptors (Lipinski definition) is 2. The quantitative estimate of drug-likeness (QED) is 0.897. The van der Waals surface area contributed by atoms with Gasteiger partial charge in [0.1, 0.15) is 5.69 Å². The van der Waals surface area contributed by atoms with Gasteiger partial charge in [0.2, 0.25) is 0 Å². The maximum atomic E-state index is 11.7. The average molecular weight is 260 g/mol. The molecule has 0 unspecified atom stereocenters. The molecule has 0 saturated heterocycles. The fraction of sp³-hybridized carbons (Fsp3) is 0.556. The topological polar surface area (TPSA) is 46.9 Å². The Labute approximate surface area is 91.8 Å². The molecule has 1 heterocycles. The lowest BCUT2D eigenvalue weighted by Crippen LogP contribution is -2.26. The molecule has 0 aromatic carbocycles. The van der Waals surface area contributed by atoms with Gasteiger partial charge in [-0.25, -0.2) is 0 Å². The van der Waals surface area contributed by atoms with Crippen molar-refractivity contribution < 1.29 is 4.79 Å². The normalized spacial score (nSPS) is 10.3. The summed E-state index contributed by atoms with van der Waals surface area (Å²) in [6.07, 6.45) is 0.931. The van der Waals surface area contributed by atoms with Gasteiger partial charge in [-0.15, -0.1) is 0 Å². The number of halogens is 1. The van der Waals surface area contributed by atoms with Gasteiger partial charge < -0.3 is 5.32 Å². The van der Waals surface area contributed by atoms with Crippen molar-refractivity contribution >= 4 is 21.8 Å². The average Bonchev–Trinajstić information content (AvgIpc) is 2.38. The maximum absolute atomic E-state index is 11.7. The lowest BCUT2D eigenvalue weighted by atomic mass is 10.3. The fourth-order valence-electron chi connectivity index (χ4n) is 1.20. The van der Waals surface area contributed by atoms with Gasteiger partial charge in [-0.05, 0) is 29.3 Å². The van der Waals surface area contributed by atoms with Crippen molar-refractivity contribution in [1.29, 1.82) is 0 Å². The predicted molar refractivity (Wildman–Crippen MR) is 58.3 cm³/mol. The van der Waals surface area contributed by atoms with Crippen molar-refractivity contribution in [2.45, 2.75) is 20.3 Å². The van der Waals surface area contributed by atoms with E-state index in [2.05, 4.69) is 26.3 Å². The van der Waals surface area contributed by atoms with Crippen LogP contribution in [0.4, 0.5) is 0 Å². The van der Waals surface area contributed by atoms with Crippen LogP contribution in [0.1, 0.15) is 29.5 Å². The molecule has 0 atom stereocenters. The minimum Gasteiger partial charge on any atom is -0.351 e. The van der Waals surface area contributed by atoms with Gasteiger partial charge >= 0.3 is 0 Å². The largest absolute Gasteiger partial charge is 0.351 e. The van der Waals surface area contributed by atoms with E-state index >= 15 is 0 Å². The third-order valence-electron chi connectivity index (χ3n) is 1.90. The zero-order valence-electron chi connectivity index (χ0n) is 8.59. The number of amides is 1. The first-order valence-corrected chi connectivity index (χ1v) is 5.34. The second kappa shape index (κ2) is 4.59. The molecule has 0 radical (unpaired) electrons. The Balaban J connectivity index is 2.89. The van der Waals surface area contributed by atoms with Crippen LogP contribution in [0.3, 0.4) is 0 Å². The minimum absolute atomic E-state index is 0.0816. The molecule has 1 N–H and O–H groups in total. The number of carbonyl (C=O) groups is 1. The lowest BCUT2D eigenvalue weighted by Gasteiger charge is -2.03. The highest BCUT2D eigenvalue weighted by molar-refractivity contribution is 9.10. The molecule has 0 aliphatic heterocycles. The smallest absolute Gasteiger partial charge is 0.270 e. The molecule has 0 aliphatic rings. The van der Waals surface area contributed by atoms with Crippen LogP contribution in [0, 0.1) is 6.92 Å². The van der Waals surface area contributed by atoms with Crippen molar-refractivity contribution in [3.8, 4) is 0 Å². The molecule has 1 aromatic rings. The van der Waals surface area contributed by atoms with Crippen molar-refractivity contribution in [3.63, 3.8) is 0 Å². The van der Waals surface area contributed by atoms with E-state index < -0.39 is 0 Å². The number of hydrogen-bond donors (Lipinski definition) is 1. The molecule has 0 aliphatic carbocycles. The summed E-state index contributed by atoms with van der Waals surface area (Å²) in [6, 6.07) is 0. The van der Waals surface area contributed by atoms with Gasteiger partial charge in [-0.3, -0.25) is 9.48 Å². The first kappa shape index (κ1) is 11.2. The molecular weight excluding hydrogens is 246 g/mol. The third kappa shape index (κ3) is 2.15. The molecule has 0 saturated carbocycles. The van der Waals surface area contributed by atoms with Crippen LogP contribution in [0.25, 0.3) is 0 Å². The van der Waals surface area contributed by atoms with E-state index in [-0.39, 0.29) is 5.91 Å². The molecule has 1 rings (SSSR count). The lowest BCUT2D eigenvalue weighted by molar-refractivity contribution is 0.0943. The Bertz CT molecular complexity index is 346. The summed E-state index contributed by atoms with van der Waals surface area (Å²) in [5, 5.41) is 6.96.